The highest BCUT2D eigenvalue weighted by atomic mass is 16.2. The van der Waals surface area contributed by atoms with Crippen LogP contribution in [0, 0.1) is 5.92 Å². The minimum Gasteiger partial charge on any atom is -0.335 e. The molecule has 0 spiro atoms. The first-order valence-electron chi connectivity index (χ1n) is 9.70. The predicted octanol–water partition coefficient (Wildman–Crippen LogP) is 3.11. The lowest BCUT2D eigenvalue weighted by molar-refractivity contribution is -0.138. The molecule has 0 saturated carbocycles. The van der Waals surface area contributed by atoms with Gasteiger partial charge in [-0.25, -0.2) is 0 Å². The number of hydrogen-bond donors (Lipinski definition) is 1. The van der Waals surface area contributed by atoms with Crippen LogP contribution in [0.3, 0.4) is 0 Å². The fourth-order valence-electron chi connectivity index (χ4n) is 4.10. The van der Waals surface area contributed by atoms with E-state index in [4.69, 9.17) is 0 Å². The van der Waals surface area contributed by atoms with Crippen molar-refractivity contribution < 1.29 is 4.79 Å². The quantitative estimate of drug-likeness (QED) is 0.831. The van der Waals surface area contributed by atoms with E-state index in [2.05, 4.69) is 53.4 Å². The molecule has 1 aliphatic rings. The lowest BCUT2D eigenvalue weighted by Gasteiger charge is -2.34. The van der Waals surface area contributed by atoms with E-state index in [0.29, 0.717) is 0 Å². The van der Waals surface area contributed by atoms with E-state index < -0.39 is 0 Å². The Balaban J connectivity index is 1.85. The highest BCUT2D eigenvalue weighted by Crippen LogP contribution is 2.33. The molecule has 0 radical (unpaired) electrons. The molecule has 3 rings (SSSR count). The van der Waals surface area contributed by atoms with Crippen molar-refractivity contribution in [3.05, 3.63) is 53.9 Å². The Kier molecular flexibility index (Phi) is 6.09. The van der Waals surface area contributed by atoms with E-state index in [0.717, 1.165) is 38.0 Å². The molecule has 0 aliphatic carbocycles. The molecule has 2 heterocycles. The van der Waals surface area contributed by atoms with Gasteiger partial charge in [0.15, 0.2) is 0 Å². The highest BCUT2D eigenvalue weighted by molar-refractivity contribution is 5.81. The van der Waals surface area contributed by atoms with Gasteiger partial charge in [0.2, 0.25) is 5.91 Å². The van der Waals surface area contributed by atoms with Crippen LogP contribution in [-0.4, -0.2) is 40.2 Å². The SMILES string of the molecule is CCCN(C(=O)[C@H]1CNC[C@@H]1c1cnn(C)c1)C(CC)c1ccccc1. The molecular weight excluding hydrogens is 324 g/mol. The number of benzene rings is 1. The second kappa shape index (κ2) is 8.49. The van der Waals surface area contributed by atoms with E-state index in [9.17, 15) is 4.79 Å². The monoisotopic (exact) mass is 354 g/mol. The van der Waals surface area contributed by atoms with E-state index in [1.54, 1.807) is 0 Å². The molecule has 140 valence electrons. The molecule has 1 N–H and O–H groups in total. The first-order valence-corrected chi connectivity index (χ1v) is 9.70. The van der Waals surface area contributed by atoms with Gasteiger partial charge in [0.1, 0.15) is 0 Å². The Hall–Kier alpha value is -2.14. The number of amides is 1. The van der Waals surface area contributed by atoms with Crippen LogP contribution < -0.4 is 5.32 Å². The van der Waals surface area contributed by atoms with Crippen LogP contribution in [0.2, 0.25) is 0 Å². The lowest BCUT2D eigenvalue weighted by atomic mass is 9.88. The Bertz CT molecular complexity index is 712. The van der Waals surface area contributed by atoms with Gasteiger partial charge in [0.05, 0.1) is 18.2 Å². The van der Waals surface area contributed by atoms with Crippen LogP contribution in [0.1, 0.15) is 49.8 Å². The number of hydrogen-bond acceptors (Lipinski definition) is 3. The van der Waals surface area contributed by atoms with Crippen LogP contribution >= 0.6 is 0 Å². The molecule has 1 aliphatic heterocycles. The van der Waals surface area contributed by atoms with Gasteiger partial charge in [-0.05, 0) is 24.0 Å². The van der Waals surface area contributed by atoms with Gasteiger partial charge in [-0.15, -0.1) is 0 Å². The smallest absolute Gasteiger partial charge is 0.228 e. The highest BCUT2D eigenvalue weighted by Gasteiger charge is 2.38. The first kappa shape index (κ1) is 18.6. The Morgan fingerprint density at radius 2 is 2.08 bits per heavy atom. The van der Waals surface area contributed by atoms with Crippen LogP contribution in [0.4, 0.5) is 0 Å². The summed E-state index contributed by atoms with van der Waals surface area (Å²) in [6.45, 7) is 6.68. The van der Waals surface area contributed by atoms with Gasteiger partial charge in [-0.3, -0.25) is 9.48 Å². The summed E-state index contributed by atoms with van der Waals surface area (Å²) in [5, 5.41) is 7.72. The molecule has 3 atom stereocenters. The standard InChI is InChI=1S/C21H30N4O/c1-4-11-25(20(5-2)16-9-7-6-8-10-16)21(26)19-14-22-13-18(19)17-12-23-24(3)15-17/h6-10,12,15,18-20,22H,4-5,11,13-14H2,1-3H3/t18-,19+,20?/m1/s1. The zero-order valence-electron chi connectivity index (χ0n) is 16.1. The van der Waals surface area contributed by atoms with Crippen molar-refractivity contribution >= 4 is 5.91 Å². The number of aromatic nitrogens is 2. The maximum atomic E-state index is 13.6. The zero-order valence-corrected chi connectivity index (χ0v) is 16.1. The van der Waals surface area contributed by atoms with Crippen molar-refractivity contribution in [1.29, 1.82) is 0 Å². The van der Waals surface area contributed by atoms with Gasteiger partial charge in [-0.1, -0.05) is 44.2 Å². The van der Waals surface area contributed by atoms with Crippen molar-refractivity contribution in [1.82, 2.24) is 20.0 Å². The first-order chi connectivity index (χ1) is 12.7. The van der Waals surface area contributed by atoms with Gasteiger partial charge in [0, 0.05) is 38.8 Å². The average molecular weight is 354 g/mol. The van der Waals surface area contributed by atoms with E-state index >= 15 is 0 Å². The summed E-state index contributed by atoms with van der Waals surface area (Å²) >= 11 is 0. The summed E-state index contributed by atoms with van der Waals surface area (Å²) < 4.78 is 1.82. The van der Waals surface area contributed by atoms with E-state index in [1.807, 2.05) is 30.2 Å². The molecule has 1 unspecified atom stereocenters. The largest absolute Gasteiger partial charge is 0.335 e. The third kappa shape index (κ3) is 3.83. The molecule has 1 aromatic heterocycles. The fourth-order valence-corrected chi connectivity index (χ4v) is 4.10. The summed E-state index contributed by atoms with van der Waals surface area (Å²) in [5.74, 6) is 0.439. The molecule has 5 heteroatoms. The summed E-state index contributed by atoms with van der Waals surface area (Å²) in [6, 6.07) is 10.6. The van der Waals surface area contributed by atoms with Gasteiger partial charge >= 0.3 is 0 Å². The normalized spacial score (nSPS) is 20.9. The molecule has 2 aromatic rings. The molecular formula is C21H30N4O. The third-order valence-corrected chi connectivity index (χ3v) is 5.38. The number of nitrogens with zero attached hydrogens (tertiary/aromatic N) is 3. The molecule has 5 nitrogen and oxygen atoms in total. The topological polar surface area (TPSA) is 50.2 Å². The Labute approximate surface area is 156 Å². The van der Waals surface area contributed by atoms with Crippen molar-refractivity contribution in [3.63, 3.8) is 0 Å². The number of carbonyl (C=O) groups is 1. The Morgan fingerprint density at radius 1 is 1.31 bits per heavy atom. The molecule has 1 saturated heterocycles. The summed E-state index contributed by atoms with van der Waals surface area (Å²) in [7, 11) is 1.93. The maximum Gasteiger partial charge on any atom is 0.228 e. The zero-order chi connectivity index (χ0) is 18.5. The molecule has 26 heavy (non-hydrogen) atoms. The van der Waals surface area contributed by atoms with Crippen molar-refractivity contribution in [2.24, 2.45) is 13.0 Å². The number of carbonyl (C=O) groups excluding carboxylic acids is 1. The minimum atomic E-state index is -0.0245. The fraction of sp³-hybridized carbons (Fsp3) is 0.524. The summed E-state index contributed by atoms with van der Waals surface area (Å²) in [4.78, 5) is 15.7. The summed E-state index contributed by atoms with van der Waals surface area (Å²) in [5.41, 5.74) is 2.38. The van der Waals surface area contributed by atoms with Crippen molar-refractivity contribution in [2.75, 3.05) is 19.6 Å². The van der Waals surface area contributed by atoms with Gasteiger partial charge in [0.25, 0.3) is 0 Å². The third-order valence-electron chi connectivity index (χ3n) is 5.38. The average Bonchev–Trinajstić information content (AvgIpc) is 3.30. The molecule has 1 fully saturated rings. The van der Waals surface area contributed by atoms with Crippen LogP contribution in [0.15, 0.2) is 42.7 Å². The van der Waals surface area contributed by atoms with Crippen molar-refractivity contribution in [2.45, 2.75) is 38.6 Å². The van der Waals surface area contributed by atoms with Gasteiger partial charge < -0.3 is 10.2 Å². The minimum absolute atomic E-state index is 0.0245. The molecule has 0 bridgehead atoms. The molecule has 1 amide bonds. The van der Waals surface area contributed by atoms with Crippen LogP contribution in [-0.2, 0) is 11.8 Å². The Morgan fingerprint density at radius 3 is 2.69 bits per heavy atom. The number of aryl methyl sites for hydroxylation is 1. The van der Waals surface area contributed by atoms with Gasteiger partial charge in [-0.2, -0.15) is 5.10 Å². The summed E-state index contributed by atoms with van der Waals surface area (Å²) in [6.07, 6.45) is 5.83. The molecule has 1 aromatic carbocycles. The number of rotatable bonds is 7. The van der Waals surface area contributed by atoms with E-state index in [1.165, 1.54) is 5.56 Å². The second-order valence-electron chi connectivity index (χ2n) is 7.18. The number of nitrogens with one attached hydrogen (secondary N) is 1. The maximum absolute atomic E-state index is 13.6. The van der Waals surface area contributed by atoms with Crippen LogP contribution in [0.25, 0.3) is 0 Å². The second-order valence-corrected chi connectivity index (χ2v) is 7.18. The van der Waals surface area contributed by atoms with E-state index in [-0.39, 0.29) is 23.8 Å². The van der Waals surface area contributed by atoms with Crippen LogP contribution in [0.5, 0.6) is 0 Å². The van der Waals surface area contributed by atoms with Crippen molar-refractivity contribution in [3.8, 4) is 0 Å². The lowest BCUT2D eigenvalue weighted by Crippen LogP contribution is -2.41. The predicted molar refractivity (Wildman–Crippen MR) is 104 cm³/mol.